The monoisotopic (exact) mass is 463 g/mol. The summed E-state index contributed by atoms with van der Waals surface area (Å²) in [6.07, 6.45) is 0.258. The van der Waals surface area contributed by atoms with Crippen molar-refractivity contribution in [1.82, 2.24) is 9.21 Å². The van der Waals surface area contributed by atoms with Crippen molar-refractivity contribution in [1.29, 1.82) is 0 Å². The van der Waals surface area contributed by atoms with Crippen LogP contribution in [0, 0.1) is 0 Å². The van der Waals surface area contributed by atoms with E-state index in [-0.39, 0.29) is 27.9 Å². The van der Waals surface area contributed by atoms with Crippen LogP contribution in [0.2, 0.25) is 9.36 Å². The first-order chi connectivity index (χ1) is 13.1. The van der Waals surface area contributed by atoms with Gasteiger partial charge in [-0.1, -0.05) is 30.1 Å². The molecule has 0 aliphatic rings. The lowest BCUT2D eigenvalue weighted by atomic mass is 10.3. The van der Waals surface area contributed by atoms with E-state index in [1.807, 2.05) is 19.1 Å². The molecule has 28 heavy (non-hydrogen) atoms. The number of rotatable bonds is 9. The zero-order valence-electron chi connectivity index (χ0n) is 15.9. The van der Waals surface area contributed by atoms with Gasteiger partial charge in [-0.25, -0.2) is 12.7 Å². The summed E-state index contributed by atoms with van der Waals surface area (Å²) >= 11 is 13.6. The smallest absolute Gasteiger partial charge is 0.242 e. The highest BCUT2D eigenvalue weighted by molar-refractivity contribution is 7.89. The van der Waals surface area contributed by atoms with Gasteiger partial charge >= 0.3 is 0 Å². The molecule has 0 atom stereocenters. The molecule has 0 radical (unpaired) electrons. The maximum atomic E-state index is 12.4. The molecule has 1 aromatic heterocycles. The number of sulfonamides is 1. The van der Waals surface area contributed by atoms with E-state index in [2.05, 4.69) is 10.2 Å². The van der Waals surface area contributed by atoms with E-state index in [0.29, 0.717) is 6.54 Å². The number of carbonyl (C=O) groups is 1. The third kappa shape index (κ3) is 6.17. The minimum absolute atomic E-state index is 0.0713. The van der Waals surface area contributed by atoms with Crippen molar-refractivity contribution in [3.05, 3.63) is 44.6 Å². The quantitative estimate of drug-likeness (QED) is 0.605. The zero-order valence-corrected chi connectivity index (χ0v) is 19.1. The maximum Gasteiger partial charge on any atom is 0.242 e. The van der Waals surface area contributed by atoms with Gasteiger partial charge in [-0.15, -0.1) is 11.3 Å². The van der Waals surface area contributed by atoms with E-state index < -0.39 is 10.0 Å². The Labute approximate surface area is 180 Å². The topological polar surface area (TPSA) is 69.7 Å². The van der Waals surface area contributed by atoms with E-state index in [1.54, 1.807) is 0 Å². The fourth-order valence-electron chi connectivity index (χ4n) is 2.45. The molecule has 6 nitrogen and oxygen atoms in total. The van der Waals surface area contributed by atoms with Crippen LogP contribution in [0.25, 0.3) is 0 Å². The predicted molar refractivity (Wildman–Crippen MR) is 116 cm³/mol. The highest BCUT2D eigenvalue weighted by Gasteiger charge is 2.19. The van der Waals surface area contributed by atoms with Crippen molar-refractivity contribution in [2.24, 2.45) is 0 Å². The van der Waals surface area contributed by atoms with Gasteiger partial charge in [-0.2, -0.15) is 0 Å². The lowest BCUT2D eigenvalue weighted by Gasteiger charge is -2.19. The summed E-state index contributed by atoms with van der Waals surface area (Å²) in [4.78, 5) is 15.7. The molecule has 0 saturated carbocycles. The Bertz CT molecular complexity index is 930. The van der Waals surface area contributed by atoms with Crippen LogP contribution in [0.4, 0.5) is 5.69 Å². The minimum atomic E-state index is -3.61. The number of thiophene rings is 1. The highest BCUT2D eigenvalue weighted by atomic mass is 35.5. The van der Waals surface area contributed by atoms with Crippen molar-refractivity contribution in [2.45, 2.75) is 24.8 Å². The molecule has 1 aromatic carbocycles. The summed E-state index contributed by atoms with van der Waals surface area (Å²) in [7, 11) is -0.715. The van der Waals surface area contributed by atoms with Crippen molar-refractivity contribution in [3.8, 4) is 0 Å². The first-order valence-corrected chi connectivity index (χ1v) is 11.6. The normalized spacial score (nSPS) is 12.0. The molecule has 0 fully saturated rings. The number of hydrogen-bond donors (Lipinski definition) is 1. The third-order valence-electron chi connectivity index (χ3n) is 4.10. The summed E-state index contributed by atoms with van der Waals surface area (Å²) in [5, 5.41) is 2.99. The van der Waals surface area contributed by atoms with Gasteiger partial charge in [-0.3, -0.25) is 9.69 Å². The first kappa shape index (κ1) is 23.1. The predicted octanol–water partition coefficient (Wildman–Crippen LogP) is 4.16. The average Bonchev–Trinajstić information content (AvgIpc) is 3.05. The zero-order chi connectivity index (χ0) is 20.9. The van der Waals surface area contributed by atoms with Crippen molar-refractivity contribution in [2.75, 3.05) is 32.5 Å². The molecule has 2 rings (SSSR count). The number of hydrogen-bond acceptors (Lipinski definition) is 5. The van der Waals surface area contributed by atoms with Crippen LogP contribution in [0.3, 0.4) is 0 Å². The Balaban J connectivity index is 2.00. The molecular formula is C18H23Cl2N3O3S2. The van der Waals surface area contributed by atoms with Gasteiger partial charge in [0.05, 0.1) is 19.9 Å². The molecule has 0 spiro atoms. The molecule has 1 amide bonds. The minimum Gasteiger partial charge on any atom is -0.325 e. The van der Waals surface area contributed by atoms with Crippen molar-refractivity contribution in [3.63, 3.8) is 0 Å². The standard InChI is InChI=1S/C18H23Cl2N3O3S2/c1-4-23(12-13-5-8-17(20)27-13)10-9-18(24)21-16-11-14(6-7-15(16)19)28(25,26)22(2)3/h5-8,11H,4,9-10,12H2,1-3H3,(H,21,24). The Hall–Kier alpha value is -1.16. The molecule has 1 heterocycles. The Kier molecular flexibility index (Phi) is 8.30. The Morgan fingerprint density at radius 2 is 1.89 bits per heavy atom. The first-order valence-electron chi connectivity index (χ1n) is 8.62. The van der Waals surface area contributed by atoms with Gasteiger partial charge in [0.2, 0.25) is 15.9 Å². The van der Waals surface area contributed by atoms with E-state index in [0.717, 1.165) is 26.6 Å². The second-order valence-electron chi connectivity index (χ2n) is 6.30. The van der Waals surface area contributed by atoms with Crippen LogP contribution >= 0.6 is 34.5 Å². The van der Waals surface area contributed by atoms with Gasteiger partial charge in [0.25, 0.3) is 0 Å². The van der Waals surface area contributed by atoms with E-state index in [1.165, 1.54) is 43.6 Å². The molecule has 10 heteroatoms. The number of nitrogens with one attached hydrogen (secondary N) is 1. The molecule has 0 aliphatic carbocycles. The summed E-state index contributed by atoms with van der Waals surface area (Å²) in [5.74, 6) is -0.232. The van der Waals surface area contributed by atoms with Gasteiger partial charge in [-0.05, 0) is 36.9 Å². The lowest BCUT2D eigenvalue weighted by molar-refractivity contribution is -0.116. The van der Waals surface area contributed by atoms with Crippen LogP contribution in [0.1, 0.15) is 18.2 Å². The molecule has 154 valence electrons. The van der Waals surface area contributed by atoms with E-state index >= 15 is 0 Å². The summed E-state index contributed by atoms with van der Waals surface area (Å²) in [6.45, 7) is 4.10. The fraction of sp³-hybridized carbons (Fsp3) is 0.389. The highest BCUT2D eigenvalue weighted by Crippen LogP contribution is 2.27. The molecule has 0 bridgehead atoms. The number of anilines is 1. The van der Waals surface area contributed by atoms with E-state index in [9.17, 15) is 13.2 Å². The van der Waals surface area contributed by atoms with Gasteiger partial charge in [0.1, 0.15) is 0 Å². The third-order valence-corrected chi connectivity index (χ3v) is 7.46. The second-order valence-corrected chi connectivity index (χ2v) is 10.7. The molecular weight excluding hydrogens is 441 g/mol. The van der Waals surface area contributed by atoms with Crippen molar-refractivity contribution >= 4 is 56.2 Å². The van der Waals surface area contributed by atoms with Crippen LogP contribution in [0.15, 0.2) is 35.2 Å². The van der Waals surface area contributed by atoms with Gasteiger partial charge < -0.3 is 5.32 Å². The Morgan fingerprint density at radius 3 is 2.46 bits per heavy atom. The number of benzene rings is 1. The fourth-order valence-corrected chi connectivity index (χ4v) is 4.67. The number of halogens is 2. The molecule has 1 N–H and O–H groups in total. The second kappa shape index (κ2) is 10.0. The molecule has 0 saturated heterocycles. The summed E-state index contributed by atoms with van der Waals surface area (Å²) in [5.41, 5.74) is 0.280. The summed E-state index contributed by atoms with van der Waals surface area (Å²) < 4.78 is 26.4. The number of amides is 1. The molecule has 2 aromatic rings. The van der Waals surface area contributed by atoms with Crippen molar-refractivity contribution < 1.29 is 13.2 Å². The number of nitrogens with zero attached hydrogens (tertiary/aromatic N) is 2. The Morgan fingerprint density at radius 1 is 1.18 bits per heavy atom. The van der Waals surface area contributed by atoms with Gasteiger partial charge in [0, 0.05) is 38.5 Å². The average molecular weight is 464 g/mol. The van der Waals surface area contributed by atoms with Crippen LogP contribution in [-0.4, -0.2) is 50.7 Å². The van der Waals surface area contributed by atoms with Crippen LogP contribution < -0.4 is 5.32 Å². The molecule has 0 aliphatic heterocycles. The van der Waals surface area contributed by atoms with Gasteiger partial charge in [0.15, 0.2) is 0 Å². The maximum absolute atomic E-state index is 12.4. The van der Waals surface area contributed by atoms with E-state index in [4.69, 9.17) is 23.2 Å². The largest absolute Gasteiger partial charge is 0.325 e. The SMILES string of the molecule is CCN(CCC(=O)Nc1cc(S(=O)(=O)N(C)C)ccc1Cl)Cc1ccc(Cl)s1. The number of carbonyl (C=O) groups excluding carboxylic acids is 1. The van der Waals surface area contributed by atoms with Crippen LogP contribution in [0.5, 0.6) is 0 Å². The molecule has 0 unspecified atom stereocenters. The van der Waals surface area contributed by atoms with Crippen LogP contribution in [-0.2, 0) is 21.4 Å². The lowest BCUT2D eigenvalue weighted by Crippen LogP contribution is -2.27. The summed E-state index contributed by atoms with van der Waals surface area (Å²) in [6, 6.07) is 8.09.